The fourth-order valence-electron chi connectivity index (χ4n) is 4.63. The number of hydrogen-bond acceptors (Lipinski definition) is 4. The molecule has 0 N–H and O–H groups in total. The van der Waals surface area contributed by atoms with Crippen molar-refractivity contribution in [2.75, 3.05) is 27.2 Å². The van der Waals surface area contributed by atoms with Gasteiger partial charge in [-0.05, 0) is 45.1 Å². The van der Waals surface area contributed by atoms with Gasteiger partial charge in [0.1, 0.15) is 5.69 Å². The van der Waals surface area contributed by atoms with Gasteiger partial charge in [-0.15, -0.1) is 0 Å². The van der Waals surface area contributed by atoms with Crippen LogP contribution in [0.1, 0.15) is 23.3 Å². The molecule has 5 rings (SSSR count). The molecule has 1 amide bonds. The number of benzene rings is 1. The van der Waals surface area contributed by atoms with E-state index in [0.29, 0.717) is 17.7 Å². The van der Waals surface area contributed by atoms with Crippen LogP contribution in [-0.4, -0.2) is 68.0 Å². The van der Waals surface area contributed by atoms with Gasteiger partial charge in [-0.25, -0.2) is 9.97 Å². The standard InChI is InChI=1S/C23H26N6O/c1-26(2)16-9-13-28(14-10-16)22(30)20-15-19-21(29(20)23-24-11-6-12-25-23)17-7-4-5-8-18(17)27(19)3/h4-8,11-12,15-16H,9-10,13-14H2,1-3H3. The molecule has 0 atom stereocenters. The van der Waals surface area contributed by atoms with Crippen LogP contribution in [0, 0.1) is 0 Å². The molecule has 0 aliphatic carbocycles. The van der Waals surface area contributed by atoms with Crippen LogP contribution < -0.4 is 0 Å². The molecular formula is C23H26N6O. The van der Waals surface area contributed by atoms with Crippen LogP contribution >= 0.6 is 0 Å². The van der Waals surface area contributed by atoms with Gasteiger partial charge in [-0.1, -0.05) is 18.2 Å². The van der Waals surface area contributed by atoms with Gasteiger partial charge in [-0.3, -0.25) is 9.36 Å². The second-order valence-corrected chi connectivity index (χ2v) is 8.21. The fraction of sp³-hybridized carbons (Fsp3) is 0.348. The van der Waals surface area contributed by atoms with Crippen molar-refractivity contribution in [1.29, 1.82) is 0 Å². The van der Waals surface area contributed by atoms with Crippen molar-refractivity contribution < 1.29 is 4.79 Å². The van der Waals surface area contributed by atoms with E-state index in [0.717, 1.165) is 47.9 Å². The molecule has 1 fully saturated rings. The Morgan fingerprint density at radius 1 is 1.03 bits per heavy atom. The molecule has 0 unspecified atom stereocenters. The Kier molecular flexibility index (Phi) is 4.55. The van der Waals surface area contributed by atoms with Crippen molar-refractivity contribution in [3.63, 3.8) is 0 Å². The highest BCUT2D eigenvalue weighted by atomic mass is 16.2. The Morgan fingerprint density at radius 2 is 1.73 bits per heavy atom. The summed E-state index contributed by atoms with van der Waals surface area (Å²) in [5, 5.41) is 1.09. The van der Waals surface area contributed by atoms with E-state index in [2.05, 4.69) is 45.7 Å². The van der Waals surface area contributed by atoms with Crippen LogP contribution in [0.2, 0.25) is 0 Å². The molecule has 7 heteroatoms. The number of aromatic nitrogens is 4. The third kappa shape index (κ3) is 2.89. The summed E-state index contributed by atoms with van der Waals surface area (Å²) in [6, 6.07) is 12.6. The maximum absolute atomic E-state index is 13.6. The van der Waals surface area contributed by atoms with Gasteiger partial charge in [0.2, 0.25) is 5.95 Å². The molecular weight excluding hydrogens is 376 g/mol. The maximum Gasteiger partial charge on any atom is 0.271 e. The SMILES string of the molecule is CN(C)C1CCN(C(=O)c2cc3c(c4ccccc4n3C)n2-c2ncccn2)CC1. The molecule has 1 aromatic carbocycles. The van der Waals surface area contributed by atoms with Gasteiger partial charge in [-0.2, -0.15) is 0 Å². The lowest BCUT2D eigenvalue weighted by atomic mass is 10.0. The highest BCUT2D eigenvalue weighted by Crippen LogP contribution is 2.33. The summed E-state index contributed by atoms with van der Waals surface area (Å²) in [5.74, 6) is 0.565. The predicted octanol–water partition coefficient (Wildman–Crippen LogP) is 3.08. The van der Waals surface area contributed by atoms with Crippen molar-refractivity contribution in [1.82, 2.24) is 28.9 Å². The van der Waals surface area contributed by atoms with Gasteiger partial charge in [0.25, 0.3) is 5.91 Å². The van der Waals surface area contributed by atoms with Crippen molar-refractivity contribution in [2.45, 2.75) is 18.9 Å². The summed E-state index contributed by atoms with van der Waals surface area (Å²) < 4.78 is 4.07. The lowest BCUT2D eigenvalue weighted by Crippen LogP contribution is -2.44. The van der Waals surface area contributed by atoms with Crippen LogP contribution in [0.3, 0.4) is 0 Å². The van der Waals surface area contributed by atoms with E-state index in [1.165, 1.54) is 0 Å². The summed E-state index contributed by atoms with van der Waals surface area (Å²) in [7, 11) is 6.26. The molecule has 0 saturated carbocycles. The second kappa shape index (κ2) is 7.25. The number of para-hydroxylation sites is 1. The van der Waals surface area contributed by atoms with Crippen molar-refractivity contribution in [3.8, 4) is 5.95 Å². The summed E-state index contributed by atoms with van der Waals surface area (Å²) in [6.07, 6.45) is 5.42. The van der Waals surface area contributed by atoms with Gasteiger partial charge in [0.05, 0.1) is 16.6 Å². The lowest BCUT2D eigenvalue weighted by molar-refractivity contribution is 0.0655. The number of hydrogen-bond donors (Lipinski definition) is 0. The summed E-state index contributed by atoms with van der Waals surface area (Å²) in [6.45, 7) is 1.53. The number of aryl methyl sites for hydroxylation is 1. The number of rotatable bonds is 3. The maximum atomic E-state index is 13.6. The Labute approximate surface area is 175 Å². The monoisotopic (exact) mass is 402 g/mol. The first-order valence-electron chi connectivity index (χ1n) is 10.4. The van der Waals surface area contributed by atoms with Crippen LogP contribution in [0.25, 0.3) is 27.9 Å². The first-order valence-corrected chi connectivity index (χ1v) is 10.4. The van der Waals surface area contributed by atoms with E-state index in [1.54, 1.807) is 18.5 Å². The number of piperidine rings is 1. The first-order chi connectivity index (χ1) is 14.6. The highest BCUT2D eigenvalue weighted by molar-refractivity contribution is 6.10. The topological polar surface area (TPSA) is 59.2 Å². The van der Waals surface area contributed by atoms with E-state index in [-0.39, 0.29) is 5.91 Å². The largest absolute Gasteiger partial charge is 0.342 e. The quantitative estimate of drug-likeness (QED) is 0.528. The predicted molar refractivity (Wildman–Crippen MR) is 118 cm³/mol. The molecule has 1 saturated heterocycles. The van der Waals surface area contributed by atoms with Crippen LogP contribution in [0.4, 0.5) is 0 Å². The number of nitrogens with zero attached hydrogens (tertiary/aromatic N) is 6. The minimum atomic E-state index is 0.0416. The second-order valence-electron chi connectivity index (χ2n) is 8.21. The first kappa shape index (κ1) is 18.8. The number of fused-ring (bicyclic) bond motifs is 3. The average molecular weight is 403 g/mol. The Morgan fingerprint density at radius 3 is 2.43 bits per heavy atom. The molecule has 0 bridgehead atoms. The molecule has 154 valence electrons. The minimum Gasteiger partial charge on any atom is -0.342 e. The summed E-state index contributed by atoms with van der Waals surface area (Å²) in [5.41, 5.74) is 3.73. The smallest absolute Gasteiger partial charge is 0.271 e. The van der Waals surface area contributed by atoms with E-state index in [4.69, 9.17) is 0 Å². The van der Waals surface area contributed by atoms with E-state index in [9.17, 15) is 4.79 Å². The lowest BCUT2D eigenvalue weighted by Gasteiger charge is -2.35. The number of carbonyl (C=O) groups is 1. The van der Waals surface area contributed by atoms with Gasteiger partial charge < -0.3 is 14.4 Å². The van der Waals surface area contributed by atoms with E-state index >= 15 is 0 Å². The fourth-order valence-corrected chi connectivity index (χ4v) is 4.63. The molecule has 1 aliphatic rings. The average Bonchev–Trinajstić information content (AvgIpc) is 3.30. The third-order valence-corrected chi connectivity index (χ3v) is 6.32. The molecule has 30 heavy (non-hydrogen) atoms. The molecule has 0 spiro atoms. The summed E-state index contributed by atoms with van der Waals surface area (Å²) >= 11 is 0. The van der Waals surface area contributed by atoms with Gasteiger partial charge in [0, 0.05) is 44.0 Å². The van der Waals surface area contributed by atoms with Crippen molar-refractivity contribution in [2.24, 2.45) is 7.05 Å². The third-order valence-electron chi connectivity index (χ3n) is 6.32. The molecule has 0 radical (unpaired) electrons. The van der Waals surface area contributed by atoms with E-state index in [1.807, 2.05) is 34.7 Å². The molecule has 4 heterocycles. The van der Waals surface area contributed by atoms with Crippen LogP contribution in [0.15, 0.2) is 48.8 Å². The minimum absolute atomic E-state index is 0.0416. The van der Waals surface area contributed by atoms with Crippen molar-refractivity contribution >= 4 is 27.8 Å². The van der Waals surface area contributed by atoms with Crippen molar-refractivity contribution in [3.05, 3.63) is 54.5 Å². The molecule has 7 nitrogen and oxygen atoms in total. The normalized spacial score (nSPS) is 15.5. The molecule has 3 aromatic heterocycles. The van der Waals surface area contributed by atoms with Gasteiger partial charge in [0.15, 0.2) is 0 Å². The molecule has 1 aliphatic heterocycles. The zero-order chi connectivity index (χ0) is 20.8. The highest BCUT2D eigenvalue weighted by Gasteiger charge is 2.29. The van der Waals surface area contributed by atoms with Crippen LogP contribution in [0.5, 0.6) is 0 Å². The van der Waals surface area contributed by atoms with Crippen LogP contribution in [-0.2, 0) is 7.05 Å². The number of likely N-dealkylation sites (tertiary alicyclic amines) is 1. The Balaban J connectivity index is 1.65. The zero-order valence-corrected chi connectivity index (χ0v) is 17.6. The zero-order valence-electron chi connectivity index (χ0n) is 17.6. The van der Waals surface area contributed by atoms with Gasteiger partial charge >= 0.3 is 0 Å². The Hall–Kier alpha value is -3.19. The number of amides is 1. The molecule has 4 aromatic rings. The number of carbonyl (C=O) groups excluding carboxylic acids is 1. The Bertz CT molecular complexity index is 1210. The summed E-state index contributed by atoms with van der Waals surface area (Å²) in [4.78, 5) is 26.8. The van der Waals surface area contributed by atoms with E-state index < -0.39 is 0 Å².